The van der Waals surface area contributed by atoms with Crippen LogP contribution in [0.1, 0.15) is 22.8 Å². The molecule has 126 valence electrons. The van der Waals surface area contributed by atoms with E-state index in [2.05, 4.69) is 30.1 Å². The zero-order valence-corrected chi connectivity index (χ0v) is 14.8. The minimum atomic E-state index is 0. The number of nitrogens with zero attached hydrogens (tertiary/aromatic N) is 1. The number of fused-ring (bicyclic) bond motifs is 2. The van der Waals surface area contributed by atoms with Gasteiger partial charge in [0.05, 0.1) is 0 Å². The Kier molecular flexibility index (Phi) is 4.86. The number of aryl methyl sites for hydroxylation is 1. The Labute approximate surface area is 152 Å². The van der Waals surface area contributed by atoms with E-state index in [4.69, 9.17) is 0 Å². The zero-order chi connectivity index (χ0) is 16.5. The first-order chi connectivity index (χ1) is 11.8. The second-order valence-corrected chi connectivity index (χ2v) is 6.06. The number of nitrogens with one attached hydrogen (secondary N) is 1. The number of halogens is 1. The van der Waals surface area contributed by atoms with Gasteiger partial charge in [-0.3, -0.25) is 4.79 Å². The highest BCUT2D eigenvalue weighted by atomic mass is 35.5. The number of Topliss-reactive ketones (excluding diaryl/α,β-unsaturated/α-hetero) is 1. The zero-order valence-electron chi connectivity index (χ0n) is 14.0. The summed E-state index contributed by atoms with van der Waals surface area (Å²) >= 11 is 0. The van der Waals surface area contributed by atoms with Gasteiger partial charge in [-0.1, -0.05) is 43.3 Å². The maximum absolute atomic E-state index is 12.8. The van der Waals surface area contributed by atoms with Crippen LogP contribution in [0.2, 0.25) is 0 Å². The fourth-order valence-electron chi connectivity index (χ4n) is 3.27. The molecule has 0 saturated carbocycles. The van der Waals surface area contributed by atoms with Gasteiger partial charge in [-0.2, -0.15) is 4.57 Å². The number of aromatic amines is 1. The maximum Gasteiger partial charge on any atom is 0.229 e. The normalized spacial score (nSPS) is 10.8. The second kappa shape index (κ2) is 7.08. The standard InChI is InChI=1S/C21H18N2O.ClH/c1-2-15-8-5-9-18-19(12-22-21(15)18)20(24)14-23-11-10-16-6-3-4-7-17(16)13-23;/h3-13H,2,14H2,1H3;1H. The molecular formula is C21H19ClN2O. The maximum atomic E-state index is 12.8. The Hall–Kier alpha value is -2.65. The van der Waals surface area contributed by atoms with Crippen LogP contribution in [0.4, 0.5) is 0 Å². The Morgan fingerprint density at radius 1 is 1.04 bits per heavy atom. The van der Waals surface area contributed by atoms with Gasteiger partial charge in [0.2, 0.25) is 12.3 Å². The average molecular weight is 351 g/mol. The molecule has 2 aromatic heterocycles. The molecule has 4 heteroatoms. The lowest BCUT2D eigenvalue weighted by Gasteiger charge is -2.01. The average Bonchev–Trinajstić information content (AvgIpc) is 3.06. The van der Waals surface area contributed by atoms with Crippen molar-refractivity contribution in [2.45, 2.75) is 19.9 Å². The van der Waals surface area contributed by atoms with Crippen molar-refractivity contribution in [1.29, 1.82) is 0 Å². The van der Waals surface area contributed by atoms with Gasteiger partial charge in [0.1, 0.15) is 0 Å². The summed E-state index contributed by atoms with van der Waals surface area (Å²) in [5.74, 6) is 0.120. The predicted molar refractivity (Wildman–Crippen MR) is 96.2 cm³/mol. The lowest BCUT2D eigenvalue weighted by Crippen LogP contribution is -3.00. The van der Waals surface area contributed by atoms with E-state index in [1.807, 2.05) is 53.5 Å². The molecule has 3 nitrogen and oxygen atoms in total. The molecule has 0 aliphatic carbocycles. The van der Waals surface area contributed by atoms with Crippen molar-refractivity contribution in [2.75, 3.05) is 0 Å². The van der Waals surface area contributed by atoms with Crippen LogP contribution in [0, 0.1) is 0 Å². The van der Waals surface area contributed by atoms with Crippen LogP contribution >= 0.6 is 0 Å². The van der Waals surface area contributed by atoms with Crippen LogP contribution in [0.3, 0.4) is 0 Å². The second-order valence-electron chi connectivity index (χ2n) is 6.06. The lowest BCUT2D eigenvalue weighted by atomic mass is 10.0. The van der Waals surface area contributed by atoms with E-state index < -0.39 is 0 Å². The third kappa shape index (κ3) is 3.15. The van der Waals surface area contributed by atoms with Crippen molar-refractivity contribution < 1.29 is 21.8 Å². The van der Waals surface area contributed by atoms with Gasteiger partial charge in [0.15, 0.2) is 12.4 Å². The molecule has 0 bridgehead atoms. The number of rotatable bonds is 4. The molecule has 0 fully saturated rings. The number of H-pyrrole nitrogens is 1. The van der Waals surface area contributed by atoms with Crippen molar-refractivity contribution in [3.63, 3.8) is 0 Å². The molecule has 0 amide bonds. The summed E-state index contributed by atoms with van der Waals surface area (Å²) in [4.78, 5) is 16.1. The van der Waals surface area contributed by atoms with Gasteiger partial charge in [0.25, 0.3) is 0 Å². The largest absolute Gasteiger partial charge is 1.00 e. The van der Waals surface area contributed by atoms with E-state index in [9.17, 15) is 4.79 Å². The monoisotopic (exact) mass is 350 g/mol. The first-order valence-corrected chi connectivity index (χ1v) is 8.26. The van der Waals surface area contributed by atoms with Crippen LogP contribution in [0.25, 0.3) is 21.7 Å². The molecule has 4 aromatic rings. The van der Waals surface area contributed by atoms with Gasteiger partial charge in [-0.25, -0.2) is 0 Å². The van der Waals surface area contributed by atoms with E-state index in [0.717, 1.165) is 28.3 Å². The van der Waals surface area contributed by atoms with Gasteiger partial charge in [-0.15, -0.1) is 0 Å². The molecule has 2 aromatic carbocycles. The summed E-state index contributed by atoms with van der Waals surface area (Å²) in [5, 5.41) is 3.33. The molecule has 1 N–H and O–H groups in total. The van der Waals surface area contributed by atoms with Crippen molar-refractivity contribution in [1.82, 2.24) is 4.98 Å². The molecule has 0 aliphatic rings. The third-order valence-electron chi connectivity index (χ3n) is 4.56. The van der Waals surface area contributed by atoms with E-state index in [-0.39, 0.29) is 18.2 Å². The molecule has 0 aliphatic heterocycles. The predicted octanol–water partition coefficient (Wildman–Crippen LogP) is 1.06. The van der Waals surface area contributed by atoms with Crippen molar-refractivity contribution >= 4 is 27.5 Å². The summed E-state index contributed by atoms with van der Waals surface area (Å²) in [7, 11) is 0. The summed E-state index contributed by atoms with van der Waals surface area (Å²) in [6, 6.07) is 16.4. The fraction of sp³-hybridized carbons (Fsp3) is 0.143. The number of benzene rings is 2. The van der Waals surface area contributed by atoms with E-state index in [0.29, 0.717) is 6.54 Å². The highest BCUT2D eigenvalue weighted by Gasteiger charge is 2.17. The van der Waals surface area contributed by atoms with Crippen molar-refractivity contribution in [3.05, 3.63) is 78.2 Å². The first-order valence-electron chi connectivity index (χ1n) is 8.26. The SMILES string of the molecule is CCc1cccc2c(C(=O)C[n+]3ccc4ccccc4c3)c[nH]c12.[Cl-]. The molecule has 0 spiro atoms. The van der Waals surface area contributed by atoms with Crippen LogP contribution in [0.15, 0.2) is 67.1 Å². The number of para-hydroxylation sites is 1. The number of carbonyl (C=O) groups is 1. The Morgan fingerprint density at radius 2 is 1.84 bits per heavy atom. The first kappa shape index (κ1) is 17.2. The third-order valence-corrected chi connectivity index (χ3v) is 4.56. The minimum Gasteiger partial charge on any atom is -1.00 e. The van der Waals surface area contributed by atoms with Crippen LogP contribution in [-0.4, -0.2) is 10.8 Å². The molecule has 0 saturated heterocycles. The van der Waals surface area contributed by atoms with Gasteiger partial charge < -0.3 is 17.4 Å². The number of hydrogen-bond acceptors (Lipinski definition) is 1. The topological polar surface area (TPSA) is 36.7 Å². The van der Waals surface area contributed by atoms with Crippen LogP contribution in [-0.2, 0) is 13.0 Å². The quantitative estimate of drug-likeness (QED) is 0.433. The molecule has 0 radical (unpaired) electrons. The van der Waals surface area contributed by atoms with Gasteiger partial charge in [0, 0.05) is 34.1 Å². The molecule has 0 atom stereocenters. The molecule has 0 unspecified atom stereocenters. The Balaban J connectivity index is 0.00000182. The van der Waals surface area contributed by atoms with E-state index in [1.54, 1.807) is 0 Å². The number of aromatic nitrogens is 2. The number of hydrogen-bond donors (Lipinski definition) is 1. The highest BCUT2D eigenvalue weighted by molar-refractivity contribution is 6.07. The smallest absolute Gasteiger partial charge is 0.229 e. The summed E-state index contributed by atoms with van der Waals surface area (Å²) < 4.78 is 1.95. The molecule has 25 heavy (non-hydrogen) atoms. The summed E-state index contributed by atoms with van der Waals surface area (Å²) in [6.45, 7) is 2.47. The van der Waals surface area contributed by atoms with Crippen LogP contribution in [0.5, 0.6) is 0 Å². The fourth-order valence-corrected chi connectivity index (χ4v) is 3.27. The van der Waals surface area contributed by atoms with Crippen LogP contribution < -0.4 is 17.0 Å². The summed E-state index contributed by atoms with van der Waals surface area (Å²) in [6.07, 6.45) is 6.78. The number of carbonyl (C=O) groups excluding carboxylic acids is 1. The highest BCUT2D eigenvalue weighted by Crippen LogP contribution is 2.22. The van der Waals surface area contributed by atoms with Crippen molar-refractivity contribution in [2.24, 2.45) is 0 Å². The molecular weight excluding hydrogens is 332 g/mol. The Morgan fingerprint density at radius 3 is 2.64 bits per heavy atom. The molecule has 2 heterocycles. The lowest BCUT2D eigenvalue weighted by molar-refractivity contribution is -0.681. The summed E-state index contributed by atoms with van der Waals surface area (Å²) in [5.41, 5.74) is 3.08. The number of pyridine rings is 1. The van der Waals surface area contributed by atoms with Gasteiger partial charge >= 0.3 is 0 Å². The Bertz CT molecular complexity index is 1050. The number of ketones is 1. The molecule has 4 rings (SSSR count). The minimum absolute atomic E-state index is 0. The van der Waals surface area contributed by atoms with E-state index >= 15 is 0 Å². The van der Waals surface area contributed by atoms with Crippen molar-refractivity contribution in [3.8, 4) is 0 Å². The van der Waals surface area contributed by atoms with E-state index in [1.165, 1.54) is 10.9 Å². The van der Waals surface area contributed by atoms with Gasteiger partial charge in [-0.05, 0) is 23.4 Å².